The van der Waals surface area contributed by atoms with E-state index in [0.29, 0.717) is 44.0 Å². The minimum Gasteiger partial charge on any atom is -0.352 e. The zero-order valence-corrected chi connectivity index (χ0v) is 17.5. The minimum absolute atomic E-state index is 0.000725. The van der Waals surface area contributed by atoms with E-state index in [-0.39, 0.29) is 11.8 Å². The fourth-order valence-electron chi connectivity index (χ4n) is 3.69. The van der Waals surface area contributed by atoms with Gasteiger partial charge in [-0.3, -0.25) is 14.6 Å². The molecule has 1 N–H and O–H groups in total. The third-order valence-corrected chi connectivity index (χ3v) is 5.32. The van der Waals surface area contributed by atoms with Crippen molar-refractivity contribution in [3.05, 3.63) is 64.5 Å². The molecule has 1 fully saturated rings. The summed E-state index contributed by atoms with van der Waals surface area (Å²) < 4.78 is 27.9. The second-order valence-electron chi connectivity index (χ2n) is 8.15. The number of aromatic nitrogens is 1. The predicted molar refractivity (Wildman–Crippen MR) is 110 cm³/mol. The van der Waals surface area contributed by atoms with Gasteiger partial charge in [0.1, 0.15) is 17.2 Å². The minimum atomic E-state index is -0.855. The van der Waals surface area contributed by atoms with Crippen LogP contribution in [0.4, 0.5) is 8.78 Å². The molecular formula is C23H27F2N3O2. The lowest BCUT2D eigenvalue weighted by molar-refractivity contribution is 0.0700. The molecule has 2 amide bonds. The Labute approximate surface area is 175 Å². The lowest BCUT2D eigenvalue weighted by Crippen LogP contribution is -2.39. The highest BCUT2D eigenvalue weighted by Crippen LogP contribution is 2.30. The number of hydrogen-bond donors (Lipinski definition) is 1. The third-order valence-electron chi connectivity index (χ3n) is 5.32. The van der Waals surface area contributed by atoms with Gasteiger partial charge in [-0.1, -0.05) is 19.9 Å². The SMILES string of the molecule is Cc1ccc(C(=O)NCC(C)C)c(C2CCN(C(=O)c3c(F)cccc3F)CC2)n1. The maximum Gasteiger partial charge on any atom is 0.259 e. The summed E-state index contributed by atoms with van der Waals surface area (Å²) in [7, 11) is 0. The average Bonchev–Trinajstić information content (AvgIpc) is 2.71. The lowest BCUT2D eigenvalue weighted by atomic mass is 9.89. The fraction of sp³-hybridized carbons (Fsp3) is 0.435. The third kappa shape index (κ3) is 4.83. The molecule has 0 spiro atoms. The van der Waals surface area contributed by atoms with Crippen molar-refractivity contribution in [2.24, 2.45) is 5.92 Å². The molecule has 0 aliphatic carbocycles. The molecular weight excluding hydrogens is 388 g/mol. The summed E-state index contributed by atoms with van der Waals surface area (Å²) in [4.78, 5) is 31.4. The first-order chi connectivity index (χ1) is 14.3. The Kier molecular flexibility index (Phi) is 6.80. The number of likely N-dealkylation sites (tertiary alicyclic amines) is 1. The van der Waals surface area contributed by atoms with Gasteiger partial charge in [-0.15, -0.1) is 0 Å². The summed E-state index contributed by atoms with van der Waals surface area (Å²) in [6, 6.07) is 7.01. The molecule has 7 heteroatoms. The van der Waals surface area contributed by atoms with Crippen LogP contribution in [0.15, 0.2) is 30.3 Å². The van der Waals surface area contributed by atoms with E-state index < -0.39 is 23.1 Å². The second kappa shape index (κ2) is 9.32. The number of hydrogen-bond acceptors (Lipinski definition) is 3. The molecule has 1 aliphatic rings. The first kappa shape index (κ1) is 21.9. The first-order valence-corrected chi connectivity index (χ1v) is 10.3. The standard InChI is InChI=1S/C23H27F2N3O2/c1-14(2)13-26-22(29)17-8-7-15(3)27-21(17)16-9-11-28(12-10-16)23(30)20-18(24)5-4-6-19(20)25/h4-8,14,16H,9-13H2,1-3H3,(H,26,29). The zero-order chi connectivity index (χ0) is 21.8. The average molecular weight is 415 g/mol. The van der Waals surface area contributed by atoms with Gasteiger partial charge in [0, 0.05) is 31.2 Å². The first-order valence-electron chi connectivity index (χ1n) is 10.3. The number of carbonyl (C=O) groups is 2. The van der Waals surface area contributed by atoms with Crippen LogP contribution in [0.1, 0.15) is 64.7 Å². The van der Waals surface area contributed by atoms with Crippen molar-refractivity contribution < 1.29 is 18.4 Å². The van der Waals surface area contributed by atoms with Crippen LogP contribution < -0.4 is 5.32 Å². The summed E-state index contributed by atoms with van der Waals surface area (Å²) >= 11 is 0. The highest BCUT2D eigenvalue weighted by molar-refractivity contribution is 5.96. The summed E-state index contributed by atoms with van der Waals surface area (Å²) in [5.41, 5.74) is 1.57. The second-order valence-corrected chi connectivity index (χ2v) is 8.15. The van der Waals surface area contributed by atoms with Crippen LogP contribution in [0.5, 0.6) is 0 Å². The fourth-order valence-corrected chi connectivity index (χ4v) is 3.69. The Bertz CT molecular complexity index is 918. The number of piperidine rings is 1. The smallest absolute Gasteiger partial charge is 0.259 e. The molecule has 1 aromatic carbocycles. The Hall–Kier alpha value is -2.83. The van der Waals surface area contributed by atoms with Gasteiger partial charge in [-0.2, -0.15) is 0 Å². The van der Waals surface area contributed by atoms with E-state index in [2.05, 4.69) is 10.3 Å². The largest absolute Gasteiger partial charge is 0.352 e. The van der Waals surface area contributed by atoms with E-state index in [0.717, 1.165) is 23.5 Å². The van der Waals surface area contributed by atoms with Gasteiger partial charge in [-0.05, 0) is 49.9 Å². The summed E-state index contributed by atoms with van der Waals surface area (Å²) in [6.45, 7) is 7.20. The number of nitrogens with one attached hydrogen (secondary N) is 1. The van der Waals surface area contributed by atoms with Crippen LogP contribution in [0, 0.1) is 24.5 Å². The zero-order valence-electron chi connectivity index (χ0n) is 17.5. The van der Waals surface area contributed by atoms with Crippen molar-refractivity contribution in [3.63, 3.8) is 0 Å². The van der Waals surface area contributed by atoms with Crippen LogP contribution in [0.2, 0.25) is 0 Å². The topological polar surface area (TPSA) is 62.3 Å². The Morgan fingerprint density at radius 3 is 2.37 bits per heavy atom. The highest BCUT2D eigenvalue weighted by atomic mass is 19.1. The number of nitrogens with zero attached hydrogens (tertiary/aromatic N) is 2. The van der Waals surface area contributed by atoms with E-state index in [1.54, 1.807) is 6.07 Å². The number of benzene rings is 1. The molecule has 0 bridgehead atoms. The lowest BCUT2D eigenvalue weighted by Gasteiger charge is -2.32. The van der Waals surface area contributed by atoms with Gasteiger partial charge >= 0.3 is 0 Å². The molecule has 2 aromatic rings. The van der Waals surface area contributed by atoms with Crippen LogP contribution in [0.3, 0.4) is 0 Å². The van der Waals surface area contributed by atoms with Gasteiger partial charge in [0.05, 0.1) is 11.3 Å². The molecule has 1 aliphatic heterocycles. The molecule has 1 saturated heterocycles. The summed E-state index contributed by atoms with van der Waals surface area (Å²) in [5.74, 6) is -2.17. The van der Waals surface area contributed by atoms with Crippen molar-refractivity contribution in [2.75, 3.05) is 19.6 Å². The molecule has 160 valence electrons. The van der Waals surface area contributed by atoms with Crippen LogP contribution in [-0.4, -0.2) is 41.3 Å². The number of halogens is 2. The van der Waals surface area contributed by atoms with Crippen molar-refractivity contribution in [2.45, 2.75) is 39.5 Å². The van der Waals surface area contributed by atoms with Gasteiger partial charge in [-0.25, -0.2) is 8.78 Å². The Balaban J connectivity index is 1.74. The molecule has 0 unspecified atom stereocenters. The summed E-state index contributed by atoms with van der Waals surface area (Å²) in [5, 5.41) is 2.93. The maximum atomic E-state index is 14.0. The van der Waals surface area contributed by atoms with Gasteiger partial charge in [0.2, 0.25) is 0 Å². The van der Waals surface area contributed by atoms with E-state index in [4.69, 9.17) is 0 Å². The van der Waals surface area contributed by atoms with Gasteiger partial charge in [0.15, 0.2) is 0 Å². The van der Waals surface area contributed by atoms with E-state index in [9.17, 15) is 18.4 Å². The van der Waals surface area contributed by atoms with Crippen LogP contribution in [0.25, 0.3) is 0 Å². The van der Waals surface area contributed by atoms with Crippen molar-refractivity contribution in [1.29, 1.82) is 0 Å². The maximum absolute atomic E-state index is 14.0. The van der Waals surface area contributed by atoms with Crippen molar-refractivity contribution in [1.82, 2.24) is 15.2 Å². The van der Waals surface area contributed by atoms with Crippen LogP contribution >= 0.6 is 0 Å². The highest BCUT2D eigenvalue weighted by Gasteiger charge is 2.30. The quantitative estimate of drug-likeness (QED) is 0.801. The molecule has 1 aromatic heterocycles. The predicted octanol–water partition coefficient (Wildman–Crippen LogP) is 4.07. The number of amides is 2. The normalized spacial score (nSPS) is 14.8. The number of aryl methyl sites for hydroxylation is 1. The monoisotopic (exact) mass is 415 g/mol. The van der Waals surface area contributed by atoms with Gasteiger partial charge in [0.25, 0.3) is 11.8 Å². The molecule has 5 nitrogen and oxygen atoms in total. The molecule has 30 heavy (non-hydrogen) atoms. The number of rotatable bonds is 5. The number of pyridine rings is 1. The van der Waals surface area contributed by atoms with Crippen LogP contribution in [-0.2, 0) is 0 Å². The molecule has 0 radical (unpaired) electrons. The molecule has 0 atom stereocenters. The molecule has 0 saturated carbocycles. The van der Waals surface area contributed by atoms with Gasteiger partial charge < -0.3 is 10.2 Å². The Morgan fingerprint density at radius 1 is 1.13 bits per heavy atom. The van der Waals surface area contributed by atoms with E-state index in [1.165, 1.54) is 11.0 Å². The Morgan fingerprint density at radius 2 is 1.77 bits per heavy atom. The van der Waals surface area contributed by atoms with E-state index >= 15 is 0 Å². The molecule has 3 rings (SSSR count). The van der Waals surface area contributed by atoms with E-state index in [1.807, 2.05) is 26.8 Å². The van der Waals surface area contributed by atoms with Crippen molar-refractivity contribution >= 4 is 11.8 Å². The molecule has 2 heterocycles. The summed E-state index contributed by atoms with van der Waals surface area (Å²) in [6.07, 6.45) is 1.14. The number of carbonyl (C=O) groups excluding carboxylic acids is 2. The van der Waals surface area contributed by atoms with Crippen molar-refractivity contribution in [3.8, 4) is 0 Å².